The third-order valence-electron chi connectivity index (χ3n) is 5.58. The van der Waals surface area contributed by atoms with Gasteiger partial charge in [-0.1, -0.05) is 18.2 Å². The number of para-hydroxylation sites is 1. The lowest BCUT2D eigenvalue weighted by molar-refractivity contribution is 0.0940. The molecular formula is C24H24FN3O4S. The first-order chi connectivity index (χ1) is 16.0. The molecule has 1 aliphatic heterocycles. The van der Waals surface area contributed by atoms with E-state index in [2.05, 4.69) is 10.6 Å². The minimum atomic E-state index is -0.516. The Morgan fingerprint density at radius 1 is 1.12 bits per heavy atom. The van der Waals surface area contributed by atoms with Crippen molar-refractivity contribution in [2.75, 3.05) is 32.6 Å². The molecule has 4 rings (SSSR count). The summed E-state index contributed by atoms with van der Waals surface area (Å²) in [6.45, 7) is 0.576. The zero-order valence-corrected chi connectivity index (χ0v) is 19.1. The van der Waals surface area contributed by atoms with Gasteiger partial charge in [0, 0.05) is 13.1 Å². The smallest absolute Gasteiger partial charge is 0.322 e. The lowest BCUT2D eigenvalue weighted by Gasteiger charge is -2.37. The van der Waals surface area contributed by atoms with Crippen LogP contribution in [0.3, 0.4) is 0 Å². The van der Waals surface area contributed by atoms with Crippen LogP contribution in [-0.2, 0) is 6.42 Å². The molecule has 0 spiro atoms. The molecule has 1 aromatic heterocycles. The summed E-state index contributed by atoms with van der Waals surface area (Å²) in [6.07, 6.45) is 0.579. The fourth-order valence-electron chi connectivity index (χ4n) is 3.93. The number of thiophene rings is 1. The molecule has 172 valence electrons. The molecule has 2 N–H and O–H groups in total. The number of nitrogens with one attached hydrogen (secondary N) is 2. The largest absolute Gasteiger partial charge is 0.493 e. The van der Waals surface area contributed by atoms with E-state index in [1.807, 2.05) is 17.5 Å². The average Bonchev–Trinajstić information content (AvgIpc) is 3.37. The standard InChI is InChI=1S/C24H24FN3O4S/c1-31-20-12-15-9-10-28(24(30)27-18-7-4-3-6-17(18)25)19(16(15)13-21(20)32-2)14-26-23(29)22-8-5-11-33-22/h3-8,11-13,19H,9-10,14H2,1-2H3,(H,26,29)(H,27,30). The highest BCUT2D eigenvalue weighted by atomic mass is 32.1. The Balaban J connectivity index is 1.64. The van der Waals surface area contributed by atoms with Gasteiger partial charge in [0.25, 0.3) is 5.91 Å². The van der Waals surface area contributed by atoms with E-state index < -0.39 is 17.9 Å². The third kappa shape index (κ3) is 4.78. The van der Waals surface area contributed by atoms with Crippen molar-refractivity contribution in [2.45, 2.75) is 12.5 Å². The summed E-state index contributed by atoms with van der Waals surface area (Å²) in [7, 11) is 3.11. The number of carbonyl (C=O) groups excluding carboxylic acids is 2. The molecule has 0 aliphatic carbocycles. The van der Waals surface area contributed by atoms with Crippen molar-refractivity contribution in [1.29, 1.82) is 0 Å². The molecule has 2 aromatic carbocycles. The Bertz CT molecular complexity index is 1150. The maximum atomic E-state index is 14.1. The van der Waals surface area contributed by atoms with E-state index in [-0.39, 0.29) is 18.1 Å². The number of fused-ring (bicyclic) bond motifs is 1. The van der Waals surface area contributed by atoms with Gasteiger partial charge in [0.05, 0.1) is 30.8 Å². The van der Waals surface area contributed by atoms with Crippen molar-refractivity contribution < 1.29 is 23.5 Å². The minimum absolute atomic E-state index is 0.0991. The van der Waals surface area contributed by atoms with Crippen molar-refractivity contribution >= 4 is 29.0 Å². The van der Waals surface area contributed by atoms with Crippen molar-refractivity contribution in [2.24, 2.45) is 0 Å². The summed E-state index contributed by atoms with van der Waals surface area (Å²) in [5, 5.41) is 7.41. The van der Waals surface area contributed by atoms with Gasteiger partial charge in [0.2, 0.25) is 0 Å². The van der Waals surface area contributed by atoms with Gasteiger partial charge in [-0.05, 0) is 53.3 Å². The molecule has 1 aliphatic rings. The Kier molecular flexibility index (Phi) is 6.79. The molecular weight excluding hydrogens is 445 g/mol. The van der Waals surface area contributed by atoms with Crippen LogP contribution in [0, 0.1) is 5.82 Å². The van der Waals surface area contributed by atoms with Crippen molar-refractivity contribution in [3.05, 3.63) is 75.7 Å². The Morgan fingerprint density at radius 2 is 1.88 bits per heavy atom. The molecule has 0 fully saturated rings. The first-order valence-electron chi connectivity index (χ1n) is 10.4. The third-order valence-corrected chi connectivity index (χ3v) is 6.45. The summed E-state index contributed by atoms with van der Waals surface area (Å²) >= 11 is 1.34. The molecule has 2 heterocycles. The number of hydrogen-bond donors (Lipinski definition) is 2. The number of nitrogens with zero attached hydrogens (tertiary/aromatic N) is 1. The van der Waals surface area contributed by atoms with E-state index >= 15 is 0 Å². The minimum Gasteiger partial charge on any atom is -0.493 e. The van der Waals surface area contributed by atoms with Crippen molar-refractivity contribution in [3.8, 4) is 11.5 Å². The second-order valence-electron chi connectivity index (χ2n) is 7.46. The van der Waals surface area contributed by atoms with E-state index in [1.54, 1.807) is 43.4 Å². The van der Waals surface area contributed by atoms with Gasteiger partial charge in [0.1, 0.15) is 5.82 Å². The summed E-state index contributed by atoms with van der Waals surface area (Å²) in [5.41, 5.74) is 1.94. The highest BCUT2D eigenvalue weighted by Crippen LogP contribution is 2.38. The Morgan fingerprint density at radius 3 is 2.58 bits per heavy atom. The zero-order chi connectivity index (χ0) is 23.4. The number of urea groups is 1. The van der Waals surface area contributed by atoms with Crippen LogP contribution in [0.25, 0.3) is 0 Å². The van der Waals surface area contributed by atoms with E-state index in [0.29, 0.717) is 29.3 Å². The van der Waals surface area contributed by atoms with Gasteiger partial charge in [-0.15, -0.1) is 11.3 Å². The van der Waals surface area contributed by atoms with Crippen molar-refractivity contribution in [3.63, 3.8) is 0 Å². The number of amides is 3. The van der Waals surface area contributed by atoms with Gasteiger partial charge in [-0.2, -0.15) is 0 Å². The Hall–Kier alpha value is -3.59. The normalized spacial score (nSPS) is 14.9. The first kappa shape index (κ1) is 22.6. The molecule has 7 nitrogen and oxygen atoms in total. The first-order valence-corrected chi connectivity index (χ1v) is 11.3. The molecule has 0 bridgehead atoms. The number of anilines is 1. The lowest BCUT2D eigenvalue weighted by atomic mass is 9.91. The maximum Gasteiger partial charge on any atom is 0.322 e. The second-order valence-corrected chi connectivity index (χ2v) is 8.41. The van der Waals surface area contributed by atoms with Gasteiger partial charge < -0.3 is 25.0 Å². The van der Waals surface area contributed by atoms with Gasteiger partial charge in [0.15, 0.2) is 11.5 Å². The number of carbonyl (C=O) groups is 2. The molecule has 1 atom stereocenters. The van der Waals surface area contributed by atoms with Gasteiger partial charge in [-0.25, -0.2) is 9.18 Å². The molecule has 0 radical (unpaired) electrons. The zero-order valence-electron chi connectivity index (χ0n) is 18.3. The van der Waals surface area contributed by atoms with Gasteiger partial charge >= 0.3 is 6.03 Å². The van der Waals surface area contributed by atoms with Crippen LogP contribution in [0.5, 0.6) is 11.5 Å². The topological polar surface area (TPSA) is 79.9 Å². The quantitative estimate of drug-likeness (QED) is 0.559. The molecule has 3 aromatic rings. The summed E-state index contributed by atoms with van der Waals surface area (Å²) in [5.74, 6) is 0.397. The molecule has 3 amide bonds. The van der Waals surface area contributed by atoms with Gasteiger partial charge in [-0.3, -0.25) is 4.79 Å². The molecule has 0 saturated carbocycles. The van der Waals surface area contributed by atoms with E-state index in [1.165, 1.54) is 23.5 Å². The summed E-state index contributed by atoms with van der Waals surface area (Å²) in [6, 6.07) is 12.4. The summed E-state index contributed by atoms with van der Waals surface area (Å²) in [4.78, 5) is 27.9. The van der Waals surface area contributed by atoms with Crippen LogP contribution in [0.4, 0.5) is 14.9 Å². The van der Waals surface area contributed by atoms with Crippen LogP contribution >= 0.6 is 11.3 Å². The predicted octanol–water partition coefficient (Wildman–Crippen LogP) is 4.47. The van der Waals surface area contributed by atoms with Crippen LogP contribution in [-0.4, -0.2) is 44.1 Å². The number of hydrogen-bond acceptors (Lipinski definition) is 5. The predicted molar refractivity (Wildman–Crippen MR) is 125 cm³/mol. The van der Waals surface area contributed by atoms with Crippen molar-refractivity contribution in [1.82, 2.24) is 10.2 Å². The SMILES string of the molecule is COc1cc2c(cc1OC)C(CNC(=O)c1cccs1)N(C(=O)Nc1ccccc1F)CC2. The van der Waals surface area contributed by atoms with E-state index in [0.717, 1.165) is 11.1 Å². The average molecular weight is 470 g/mol. The van der Waals surface area contributed by atoms with Crippen LogP contribution < -0.4 is 20.1 Å². The molecule has 0 saturated heterocycles. The Labute approximate surface area is 195 Å². The molecule has 33 heavy (non-hydrogen) atoms. The monoisotopic (exact) mass is 469 g/mol. The number of ether oxygens (including phenoxy) is 2. The van der Waals surface area contributed by atoms with E-state index in [4.69, 9.17) is 9.47 Å². The summed E-state index contributed by atoms with van der Waals surface area (Å²) < 4.78 is 25.0. The number of rotatable bonds is 6. The number of methoxy groups -OCH3 is 2. The molecule has 1 unspecified atom stereocenters. The highest BCUT2D eigenvalue weighted by molar-refractivity contribution is 7.12. The highest BCUT2D eigenvalue weighted by Gasteiger charge is 2.33. The lowest BCUT2D eigenvalue weighted by Crippen LogP contribution is -2.46. The van der Waals surface area contributed by atoms with E-state index in [9.17, 15) is 14.0 Å². The van der Waals surface area contributed by atoms with Crippen LogP contribution in [0.2, 0.25) is 0 Å². The van der Waals surface area contributed by atoms with Crippen LogP contribution in [0.1, 0.15) is 26.8 Å². The fourth-order valence-corrected chi connectivity index (χ4v) is 4.57. The second kappa shape index (κ2) is 9.91. The number of halogens is 1. The number of benzene rings is 2. The fraction of sp³-hybridized carbons (Fsp3) is 0.250. The molecule has 9 heteroatoms. The van der Waals surface area contributed by atoms with Crippen LogP contribution in [0.15, 0.2) is 53.9 Å². The maximum absolute atomic E-state index is 14.1.